The molecule has 0 aromatic heterocycles. The fourth-order valence-corrected chi connectivity index (χ4v) is 3.05. The Hall–Kier alpha value is -3.34. The van der Waals surface area contributed by atoms with E-state index in [0.29, 0.717) is 30.1 Å². The van der Waals surface area contributed by atoms with E-state index in [2.05, 4.69) is 6.58 Å². The van der Waals surface area contributed by atoms with Crippen molar-refractivity contribution < 1.29 is 19.1 Å². The predicted octanol–water partition coefficient (Wildman–Crippen LogP) is 4.28. The molecular formula is C23H23NO4. The molecule has 0 bridgehead atoms. The quantitative estimate of drug-likeness (QED) is 0.391. The van der Waals surface area contributed by atoms with Gasteiger partial charge in [-0.05, 0) is 54.5 Å². The Morgan fingerprint density at radius 3 is 2.61 bits per heavy atom. The van der Waals surface area contributed by atoms with E-state index in [0.717, 1.165) is 24.2 Å². The van der Waals surface area contributed by atoms with Crippen LogP contribution in [0.1, 0.15) is 28.8 Å². The molecule has 1 amide bonds. The molecule has 0 saturated carbocycles. The summed E-state index contributed by atoms with van der Waals surface area (Å²) in [5.41, 5.74) is 2.24. The molecule has 28 heavy (non-hydrogen) atoms. The molecule has 3 rings (SSSR count). The van der Waals surface area contributed by atoms with Crippen LogP contribution in [0.3, 0.4) is 0 Å². The van der Waals surface area contributed by atoms with Gasteiger partial charge in [-0.1, -0.05) is 24.8 Å². The van der Waals surface area contributed by atoms with E-state index >= 15 is 0 Å². The molecule has 0 atom stereocenters. The summed E-state index contributed by atoms with van der Waals surface area (Å²) in [7, 11) is 1.57. The maximum Gasteiger partial charge on any atom is 0.227 e. The van der Waals surface area contributed by atoms with Gasteiger partial charge in [0, 0.05) is 24.2 Å². The van der Waals surface area contributed by atoms with E-state index in [9.17, 15) is 9.59 Å². The lowest BCUT2D eigenvalue weighted by atomic mass is 10.1. The predicted molar refractivity (Wildman–Crippen MR) is 110 cm³/mol. The van der Waals surface area contributed by atoms with Gasteiger partial charge in [-0.25, -0.2) is 0 Å². The number of carbonyl (C=O) groups is 2. The molecule has 1 aliphatic heterocycles. The highest BCUT2D eigenvalue weighted by Crippen LogP contribution is 2.28. The van der Waals surface area contributed by atoms with Crippen LogP contribution < -0.4 is 14.4 Å². The number of amides is 1. The molecule has 0 N–H and O–H groups in total. The van der Waals surface area contributed by atoms with Crippen LogP contribution in [0.25, 0.3) is 6.08 Å². The highest BCUT2D eigenvalue weighted by Gasteiger charge is 2.21. The van der Waals surface area contributed by atoms with Crippen molar-refractivity contribution in [2.75, 3.05) is 25.2 Å². The standard InChI is InChI=1S/C23H23NO4/c1-3-15-28-21-13-7-17(16-22(21)27-2)6-12-20(25)18-8-10-19(11-9-18)24-14-4-5-23(24)26/h3,6-13,16H,1,4-5,14-15H2,2H3/b12-6+. The second-order valence-electron chi connectivity index (χ2n) is 6.40. The van der Waals surface area contributed by atoms with Gasteiger partial charge in [0.1, 0.15) is 6.61 Å². The molecule has 0 radical (unpaired) electrons. The topological polar surface area (TPSA) is 55.8 Å². The van der Waals surface area contributed by atoms with Crippen molar-refractivity contribution in [2.45, 2.75) is 12.8 Å². The van der Waals surface area contributed by atoms with Gasteiger partial charge >= 0.3 is 0 Å². The summed E-state index contributed by atoms with van der Waals surface area (Å²) in [6.07, 6.45) is 6.39. The fraction of sp³-hybridized carbons (Fsp3) is 0.217. The molecule has 144 valence electrons. The van der Waals surface area contributed by atoms with E-state index in [1.54, 1.807) is 42.4 Å². The first kappa shape index (κ1) is 19.4. The summed E-state index contributed by atoms with van der Waals surface area (Å²) in [5, 5.41) is 0. The Kier molecular flexibility index (Phi) is 6.27. The molecule has 1 aliphatic rings. The lowest BCUT2D eigenvalue weighted by Crippen LogP contribution is -2.23. The van der Waals surface area contributed by atoms with Gasteiger partial charge in [0.15, 0.2) is 17.3 Å². The van der Waals surface area contributed by atoms with Crippen LogP contribution in [0.4, 0.5) is 5.69 Å². The molecule has 5 heteroatoms. The number of nitrogens with zero attached hydrogens (tertiary/aromatic N) is 1. The van der Waals surface area contributed by atoms with E-state index in [4.69, 9.17) is 9.47 Å². The highest BCUT2D eigenvalue weighted by atomic mass is 16.5. The van der Waals surface area contributed by atoms with E-state index in [1.165, 1.54) is 6.08 Å². The average Bonchev–Trinajstić information content (AvgIpc) is 3.16. The first-order valence-electron chi connectivity index (χ1n) is 9.17. The number of anilines is 1. The minimum atomic E-state index is -0.106. The number of methoxy groups -OCH3 is 1. The van der Waals surface area contributed by atoms with Crippen molar-refractivity contribution in [1.29, 1.82) is 0 Å². The number of rotatable bonds is 8. The Balaban J connectivity index is 1.69. The van der Waals surface area contributed by atoms with Gasteiger partial charge < -0.3 is 14.4 Å². The largest absolute Gasteiger partial charge is 0.493 e. The number of hydrogen-bond donors (Lipinski definition) is 0. The maximum absolute atomic E-state index is 12.4. The SMILES string of the molecule is C=CCOc1ccc(/C=C/C(=O)c2ccc(N3CCCC3=O)cc2)cc1OC. The van der Waals surface area contributed by atoms with Crippen LogP contribution in [0, 0.1) is 0 Å². The molecule has 0 spiro atoms. The molecule has 2 aromatic carbocycles. The van der Waals surface area contributed by atoms with Crippen LogP contribution in [0.5, 0.6) is 11.5 Å². The molecule has 1 heterocycles. The number of ether oxygens (including phenoxy) is 2. The maximum atomic E-state index is 12.4. The van der Waals surface area contributed by atoms with Crippen LogP contribution in [0.15, 0.2) is 61.2 Å². The molecule has 1 saturated heterocycles. The summed E-state index contributed by atoms with van der Waals surface area (Å²) >= 11 is 0. The molecule has 0 unspecified atom stereocenters. The average molecular weight is 377 g/mol. The molecule has 2 aromatic rings. The third-order valence-electron chi connectivity index (χ3n) is 4.51. The molecule has 0 aliphatic carbocycles. The van der Waals surface area contributed by atoms with Gasteiger partial charge in [0.25, 0.3) is 0 Å². The normalized spacial score (nSPS) is 13.8. The second kappa shape index (κ2) is 9.04. The number of carbonyl (C=O) groups excluding carboxylic acids is 2. The highest BCUT2D eigenvalue weighted by molar-refractivity contribution is 6.07. The third-order valence-corrected chi connectivity index (χ3v) is 4.51. The summed E-state index contributed by atoms with van der Waals surface area (Å²) in [6, 6.07) is 12.6. The molecule has 1 fully saturated rings. The van der Waals surface area contributed by atoms with E-state index in [1.807, 2.05) is 24.3 Å². The van der Waals surface area contributed by atoms with Crippen LogP contribution in [-0.2, 0) is 4.79 Å². The first-order valence-corrected chi connectivity index (χ1v) is 9.17. The van der Waals surface area contributed by atoms with Crippen molar-refractivity contribution >= 4 is 23.5 Å². The number of hydrogen-bond acceptors (Lipinski definition) is 4. The minimum absolute atomic E-state index is 0.106. The van der Waals surface area contributed by atoms with Crippen LogP contribution in [-0.4, -0.2) is 32.0 Å². The van der Waals surface area contributed by atoms with Crippen molar-refractivity contribution in [3.05, 3.63) is 72.3 Å². The zero-order chi connectivity index (χ0) is 19.9. The van der Waals surface area contributed by atoms with Crippen molar-refractivity contribution in [3.63, 3.8) is 0 Å². The Morgan fingerprint density at radius 1 is 1.18 bits per heavy atom. The van der Waals surface area contributed by atoms with Gasteiger partial charge in [-0.2, -0.15) is 0 Å². The first-order chi connectivity index (χ1) is 13.6. The van der Waals surface area contributed by atoms with Crippen molar-refractivity contribution in [1.82, 2.24) is 0 Å². The van der Waals surface area contributed by atoms with Crippen LogP contribution >= 0.6 is 0 Å². The summed E-state index contributed by atoms with van der Waals surface area (Å²) in [6.45, 7) is 4.75. The van der Waals surface area contributed by atoms with Gasteiger partial charge in [0.2, 0.25) is 5.91 Å². The second-order valence-corrected chi connectivity index (χ2v) is 6.40. The fourth-order valence-electron chi connectivity index (χ4n) is 3.05. The Morgan fingerprint density at radius 2 is 1.96 bits per heavy atom. The molecular weight excluding hydrogens is 354 g/mol. The van der Waals surface area contributed by atoms with Crippen molar-refractivity contribution in [2.24, 2.45) is 0 Å². The lowest BCUT2D eigenvalue weighted by molar-refractivity contribution is -0.117. The number of allylic oxidation sites excluding steroid dienone is 1. The monoisotopic (exact) mass is 377 g/mol. The van der Waals surface area contributed by atoms with Gasteiger partial charge in [-0.3, -0.25) is 9.59 Å². The van der Waals surface area contributed by atoms with E-state index in [-0.39, 0.29) is 11.7 Å². The molecule has 5 nitrogen and oxygen atoms in total. The third kappa shape index (κ3) is 4.49. The van der Waals surface area contributed by atoms with E-state index < -0.39 is 0 Å². The Bertz CT molecular complexity index is 899. The minimum Gasteiger partial charge on any atom is -0.493 e. The van der Waals surface area contributed by atoms with Crippen molar-refractivity contribution in [3.8, 4) is 11.5 Å². The smallest absolute Gasteiger partial charge is 0.227 e. The van der Waals surface area contributed by atoms with Gasteiger partial charge in [0.05, 0.1) is 7.11 Å². The zero-order valence-electron chi connectivity index (χ0n) is 15.9. The summed E-state index contributed by atoms with van der Waals surface area (Å²) in [5.74, 6) is 1.24. The number of benzene rings is 2. The summed E-state index contributed by atoms with van der Waals surface area (Å²) in [4.78, 5) is 26.0. The zero-order valence-corrected chi connectivity index (χ0v) is 15.9. The lowest BCUT2D eigenvalue weighted by Gasteiger charge is -2.15. The summed E-state index contributed by atoms with van der Waals surface area (Å²) < 4.78 is 10.9. The van der Waals surface area contributed by atoms with Gasteiger partial charge in [-0.15, -0.1) is 0 Å². The number of ketones is 1. The Labute approximate surface area is 164 Å². The van der Waals surface area contributed by atoms with Crippen LogP contribution in [0.2, 0.25) is 0 Å².